The van der Waals surface area contributed by atoms with Gasteiger partial charge >= 0.3 is 0 Å². The normalized spacial score (nSPS) is 8.18. The molecule has 0 aliphatic carbocycles. The quantitative estimate of drug-likeness (QED) is 0.577. The molecule has 0 atom stereocenters. The predicted octanol–water partition coefficient (Wildman–Crippen LogP) is 0.531. The lowest BCUT2D eigenvalue weighted by molar-refractivity contribution is 0.470. The van der Waals surface area contributed by atoms with Crippen molar-refractivity contribution in [3.8, 4) is 17.9 Å². The lowest BCUT2D eigenvalue weighted by atomic mass is 10.3. The average molecular weight is 145 g/mol. The van der Waals surface area contributed by atoms with Crippen molar-refractivity contribution < 1.29 is 5.11 Å². The maximum atomic E-state index is 8.94. The number of aromatic hydroxyl groups is 1. The van der Waals surface area contributed by atoms with E-state index in [0.29, 0.717) is 0 Å². The first kappa shape index (κ1) is 7.04. The molecule has 0 saturated heterocycles. The number of aromatic nitrogens is 1. The molecule has 0 amide bonds. The molecule has 0 aliphatic heterocycles. The predicted molar refractivity (Wildman–Crippen MR) is 35.3 cm³/mol. The van der Waals surface area contributed by atoms with E-state index in [0.717, 1.165) is 0 Å². The van der Waals surface area contributed by atoms with E-state index in [-0.39, 0.29) is 17.1 Å². The molecule has 0 aromatic carbocycles. The molecular formula is C7H3N3O. The lowest BCUT2D eigenvalue weighted by Crippen LogP contribution is -1.86. The molecule has 0 saturated carbocycles. The highest BCUT2D eigenvalue weighted by atomic mass is 16.3. The number of pyridine rings is 1. The fraction of sp³-hybridized carbons (Fsp3) is 0. The number of nitriles is 2. The minimum absolute atomic E-state index is 0.121. The second-order valence-corrected chi connectivity index (χ2v) is 1.79. The van der Waals surface area contributed by atoms with Crippen molar-refractivity contribution >= 4 is 0 Å². The molecule has 1 heterocycles. The highest BCUT2D eigenvalue weighted by molar-refractivity contribution is 5.39. The van der Waals surface area contributed by atoms with Crippen molar-refractivity contribution in [2.45, 2.75) is 0 Å². The summed E-state index contributed by atoms with van der Waals surface area (Å²) in [7, 11) is 0. The van der Waals surface area contributed by atoms with Crippen LogP contribution in [0.4, 0.5) is 0 Å². The second-order valence-electron chi connectivity index (χ2n) is 1.79. The molecule has 0 spiro atoms. The van der Waals surface area contributed by atoms with E-state index >= 15 is 0 Å². The monoisotopic (exact) mass is 145 g/mol. The van der Waals surface area contributed by atoms with E-state index in [4.69, 9.17) is 15.6 Å². The number of nitrogens with zero attached hydrogens (tertiary/aromatic N) is 3. The first-order valence-corrected chi connectivity index (χ1v) is 2.78. The Morgan fingerprint density at radius 2 is 2.00 bits per heavy atom. The first-order chi connectivity index (χ1) is 5.27. The van der Waals surface area contributed by atoms with Crippen LogP contribution in [0.1, 0.15) is 11.4 Å². The fourth-order valence-corrected chi connectivity index (χ4v) is 0.596. The molecule has 4 nitrogen and oxygen atoms in total. The maximum absolute atomic E-state index is 8.94. The Bertz CT molecular complexity index is 359. The summed E-state index contributed by atoms with van der Waals surface area (Å²) in [6.07, 6.45) is 0. The van der Waals surface area contributed by atoms with E-state index in [9.17, 15) is 0 Å². The van der Waals surface area contributed by atoms with Crippen molar-refractivity contribution in [1.29, 1.82) is 10.5 Å². The fourth-order valence-electron chi connectivity index (χ4n) is 0.596. The second kappa shape index (κ2) is 2.68. The summed E-state index contributed by atoms with van der Waals surface area (Å²) in [5.74, 6) is -0.202. The zero-order chi connectivity index (χ0) is 8.27. The van der Waals surface area contributed by atoms with Crippen molar-refractivity contribution in [3.63, 3.8) is 0 Å². The van der Waals surface area contributed by atoms with Crippen LogP contribution in [-0.4, -0.2) is 10.1 Å². The Morgan fingerprint density at radius 1 is 1.27 bits per heavy atom. The Balaban J connectivity index is 3.29. The van der Waals surface area contributed by atoms with Gasteiger partial charge in [-0.15, -0.1) is 0 Å². The summed E-state index contributed by atoms with van der Waals surface area (Å²) in [4.78, 5) is 3.54. The Kier molecular flexibility index (Phi) is 1.71. The highest BCUT2D eigenvalue weighted by Crippen LogP contribution is 2.12. The van der Waals surface area contributed by atoms with Gasteiger partial charge in [0.15, 0.2) is 11.4 Å². The molecular weight excluding hydrogens is 142 g/mol. The van der Waals surface area contributed by atoms with Crippen LogP contribution >= 0.6 is 0 Å². The molecule has 4 heteroatoms. The molecule has 0 unspecified atom stereocenters. The van der Waals surface area contributed by atoms with Gasteiger partial charge in [-0.25, -0.2) is 4.98 Å². The summed E-state index contributed by atoms with van der Waals surface area (Å²) in [5, 5.41) is 25.6. The molecule has 0 fully saturated rings. The van der Waals surface area contributed by atoms with Crippen molar-refractivity contribution in [3.05, 3.63) is 23.5 Å². The zero-order valence-corrected chi connectivity index (χ0v) is 5.44. The first-order valence-electron chi connectivity index (χ1n) is 2.78. The molecule has 1 rings (SSSR count). The van der Waals surface area contributed by atoms with E-state index < -0.39 is 0 Å². The Labute approximate surface area is 63.0 Å². The van der Waals surface area contributed by atoms with Crippen molar-refractivity contribution in [1.82, 2.24) is 4.98 Å². The largest absolute Gasteiger partial charge is 0.505 e. The summed E-state index contributed by atoms with van der Waals surface area (Å²) in [6, 6.07) is 6.02. The number of hydrogen-bond donors (Lipinski definition) is 1. The maximum Gasteiger partial charge on any atom is 0.183 e. The van der Waals surface area contributed by atoms with Crippen molar-refractivity contribution in [2.24, 2.45) is 0 Å². The van der Waals surface area contributed by atoms with Crippen LogP contribution in [0.25, 0.3) is 0 Å². The Morgan fingerprint density at radius 3 is 2.55 bits per heavy atom. The van der Waals surface area contributed by atoms with Crippen LogP contribution in [0.3, 0.4) is 0 Å². The van der Waals surface area contributed by atoms with Gasteiger partial charge in [0.05, 0.1) is 0 Å². The van der Waals surface area contributed by atoms with Crippen LogP contribution in [0.2, 0.25) is 0 Å². The summed E-state index contributed by atoms with van der Waals surface area (Å²) in [6.45, 7) is 0. The van der Waals surface area contributed by atoms with Crippen LogP contribution < -0.4 is 0 Å². The van der Waals surface area contributed by atoms with Crippen LogP contribution in [-0.2, 0) is 0 Å². The van der Waals surface area contributed by atoms with Crippen molar-refractivity contribution in [2.75, 3.05) is 0 Å². The van der Waals surface area contributed by atoms with Gasteiger partial charge < -0.3 is 5.11 Å². The Hall–Kier alpha value is -2.07. The summed E-state index contributed by atoms with van der Waals surface area (Å²) >= 11 is 0. The minimum atomic E-state index is -0.202. The lowest BCUT2D eigenvalue weighted by Gasteiger charge is -1.92. The summed E-state index contributed by atoms with van der Waals surface area (Å²) < 4.78 is 0. The van der Waals surface area contributed by atoms with Crippen LogP contribution in [0.5, 0.6) is 5.75 Å². The number of hydrogen-bond acceptors (Lipinski definition) is 4. The highest BCUT2D eigenvalue weighted by Gasteiger charge is 2.01. The molecule has 1 aromatic rings. The van der Waals surface area contributed by atoms with Crippen LogP contribution in [0, 0.1) is 22.7 Å². The van der Waals surface area contributed by atoms with Gasteiger partial charge in [0, 0.05) is 0 Å². The molecule has 1 N–H and O–H groups in total. The van der Waals surface area contributed by atoms with Gasteiger partial charge in [0.25, 0.3) is 0 Å². The zero-order valence-electron chi connectivity index (χ0n) is 5.44. The standard InChI is InChI=1S/C7H3N3O/c8-3-5-1-2-7(11)6(4-9)10-5/h1-2,11H. The van der Waals surface area contributed by atoms with Gasteiger partial charge in [-0.05, 0) is 12.1 Å². The molecule has 0 bridgehead atoms. The topological polar surface area (TPSA) is 80.7 Å². The molecule has 1 aromatic heterocycles. The van der Waals surface area contributed by atoms with Gasteiger partial charge in [-0.3, -0.25) is 0 Å². The van der Waals surface area contributed by atoms with Gasteiger partial charge in [-0.1, -0.05) is 0 Å². The third-order valence-corrected chi connectivity index (χ3v) is 1.09. The smallest absolute Gasteiger partial charge is 0.183 e. The van der Waals surface area contributed by atoms with Gasteiger partial charge in [0.2, 0.25) is 0 Å². The average Bonchev–Trinajstić information content (AvgIpc) is 2.05. The molecule has 0 radical (unpaired) electrons. The van der Waals surface area contributed by atoms with E-state index in [1.54, 1.807) is 12.1 Å². The van der Waals surface area contributed by atoms with E-state index in [1.807, 2.05) is 0 Å². The third-order valence-electron chi connectivity index (χ3n) is 1.09. The molecule has 11 heavy (non-hydrogen) atoms. The third kappa shape index (κ3) is 1.25. The molecule has 0 aliphatic rings. The SMILES string of the molecule is N#Cc1ccc(O)c(C#N)n1. The minimum Gasteiger partial charge on any atom is -0.505 e. The summed E-state index contributed by atoms with van der Waals surface area (Å²) in [5.41, 5.74) is 0.00315. The molecule has 52 valence electrons. The van der Waals surface area contributed by atoms with Crippen LogP contribution in [0.15, 0.2) is 12.1 Å². The van der Waals surface area contributed by atoms with Gasteiger partial charge in [-0.2, -0.15) is 10.5 Å². The number of rotatable bonds is 0. The van der Waals surface area contributed by atoms with Gasteiger partial charge in [0.1, 0.15) is 17.8 Å². The van der Waals surface area contributed by atoms with E-state index in [2.05, 4.69) is 4.98 Å². The van der Waals surface area contributed by atoms with E-state index in [1.165, 1.54) is 12.1 Å².